The molecule has 2 N–H and O–H groups in total. The molecular formula is C19H23N7O2. The highest BCUT2D eigenvalue weighted by Crippen LogP contribution is 2.27. The molecule has 0 radical (unpaired) electrons. The fourth-order valence-electron chi connectivity index (χ4n) is 3.04. The quantitative estimate of drug-likeness (QED) is 0.505. The minimum Gasteiger partial charge on any atom is -0.394 e. The summed E-state index contributed by atoms with van der Waals surface area (Å²) in [7, 11) is 0. The van der Waals surface area contributed by atoms with E-state index in [0.29, 0.717) is 11.7 Å². The summed E-state index contributed by atoms with van der Waals surface area (Å²) in [6.07, 6.45) is 11.1. The molecule has 4 aromatic rings. The van der Waals surface area contributed by atoms with Crippen LogP contribution in [0.5, 0.6) is 0 Å². The Balaban J connectivity index is 1.74. The Bertz CT molecular complexity index is 1080. The van der Waals surface area contributed by atoms with E-state index in [1.807, 2.05) is 29.3 Å². The van der Waals surface area contributed by atoms with Gasteiger partial charge in [-0.25, -0.2) is 9.50 Å². The topological polar surface area (TPSA) is 106 Å². The van der Waals surface area contributed by atoms with Crippen LogP contribution in [0.4, 0.5) is 0 Å². The second-order valence-electron chi connectivity index (χ2n) is 6.89. The number of aromatic nitrogens is 7. The zero-order valence-corrected chi connectivity index (χ0v) is 15.8. The molecule has 0 spiro atoms. The van der Waals surface area contributed by atoms with Crippen LogP contribution < -0.4 is 0 Å². The van der Waals surface area contributed by atoms with Crippen LogP contribution in [-0.4, -0.2) is 57.1 Å². The second kappa shape index (κ2) is 7.53. The maximum atomic E-state index is 9.62. The minimum atomic E-state index is -0.851. The van der Waals surface area contributed by atoms with Crippen LogP contribution >= 0.6 is 0 Å². The standard InChI is InChI=1S/C19H23N7O2/c1-3-13(2)25-9-15(7-22-25)19-18-4-5-20-26(18)11-17(23-19)14-6-21-24(8-14)10-16(28)12-27/h4-9,11,13,16,27-28H,3,10,12H2,1-2H3. The predicted octanol–water partition coefficient (Wildman–Crippen LogP) is 1.78. The molecule has 4 rings (SSSR count). The van der Waals surface area contributed by atoms with Gasteiger partial charge in [0.15, 0.2) is 0 Å². The van der Waals surface area contributed by atoms with Crippen molar-refractivity contribution in [1.82, 2.24) is 34.2 Å². The van der Waals surface area contributed by atoms with Crippen molar-refractivity contribution in [1.29, 1.82) is 0 Å². The first-order chi connectivity index (χ1) is 13.6. The molecule has 0 aliphatic carbocycles. The van der Waals surface area contributed by atoms with E-state index >= 15 is 0 Å². The van der Waals surface area contributed by atoms with E-state index in [0.717, 1.165) is 28.8 Å². The van der Waals surface area contributed by atoms with Gasteiger partial charge < -0.3 is 10.2 Å². The lowest BCUT2D eigenvalue weighted by Crippen LogP contribution is -2.19. The van der Waals surface area contributed by atoms with Crippen molar-refractivity contribution < 1.29 is 10.2 Å². The molecule has 4 heterocycles. The lowest BCUT2D eigenvalue weighted by molar-refractivity contribution is 0.0783. The molecule has 0 aliphatic rings. The summed E-state index contributed by atoms with van der Waals surface area (Å²) in [6.45, 7) is 4.17. The van der Waals surface area contributed by atoms with Crippen LogP contribution in [0.25, 0.3) is 28.0 Å². The summed E-state index contributed by atoms with van der Waals surface area (Å²) >= 11 is 0. The molecule has 4 aromatic heterocycles. The van der Waals surface area contributed by atoms with E-state index in [1.165, 1.54) is 0 Å². The molecule has 9 heteroatoms. The van der Waals surface area contributed by atoms with E-state index in [-0.39, 0.29) is 13.2 Å². The van der Waals surface area contributed by atoms with Crippen LogP contribution in [0.15, 0.2) is 43.2 Å². The maximum Gasteiger partial charge on any atom is 0.0999 e. The van der Waals surface area contributed by atoms with E-state index in [9.17, 15) is 5.11 Å². The molecule has 2 unspecified atom stereocenters. The summed E-state index contributed by atoms with van der Waals surface area (Å²) in [6, 6.07) is 2.24. The Kier molecular flexibility index (Phi) is 4.93. The molecule has 2 atom stereocenters. The number of aliphatic hydroxyl groups is 2. The van der Waals surface area contributed by atoms with Gasteiger partial charge in [0.05, 0.1) is 60.9 Å². The fourth-order valence-corrected chi connectivity index (χ4v) is 3.04. The van der Waals surface area contributed by atoms with Gasteiger partial charge in [0.1, 0.15) is 0 Å². The molecule has 0 aromatic carbocycles. The summed E-state index contributed by atoms with van der Waals surface area (Å²) in [4.78, 5) is 4.85. The third kappa shape index (κ3) is 3.41. The first-order valence-corrected chi connectivity index (χ1v) is 9.29. The number of hydrogen-bond acceptors (Lipinski definition) is 6. The molecule has 146 valence electrons. The van der Waals surface area contributed by atoms with E-state index in [1.54, 1.807) is 27.8 Å². The Morgan fingerprint density at radius 2 is 1.89 bits per heavy atom. The highest BCUT2D eigenvalue weighted by molar-refractivity contribution is 5.78. The van der Waals surface area contributed by atoms with Crippen molar-refractivity contribution in [2.24, 2.45) is 0 Å². The first-order valence-electron chi connectivity index (χ1n) is 9.29. The fraction of sp³-hybridized carbons (Fsp3) is 0.368. The smallest absolute Gasteiger partial charge is 0.0999 e. The normalized spacial score (nSPS) is 13.9. The Morgan fingerprint density at radius 1 is 1.07 bits per heavy atom. The van der Waals surface area contributed by atoms with Gasteiger partial charge in [-0.2, -0.15) is 15.3 Å². The minimum absolute atomic E-state index is 0.217. The Morgan fingerprint density at radius 3 is 2.68 bits per heavy atom. The lowest BCUT2D eigenvalue weighted by atomic mass is 10.2. The van der Waals surface area contributed by atoms with Crippen LogP contribution in [0.3, 0.4) is 0 Å². The average Bonchev–Trinajstić information content (AvgIpc) is 3.46. The average molecular weight is 381 g/mol. The van der Waals surface area contributed by atoms with Gasteiger partial charge in [-0.3, -0.25) is 9.36 Å². The van der Waals surface area contributed by atoms with Gasteiger partial charge in [0.25, 0.3) is 0 Å². The van der Waals surface area contributed by atoms with Crippen molar-refractivity contribution in [2.45, 2.75) is 39.0 Å². The van der Waals surface area contributed by atoms with Gasteiger partial charge in [-0.1, -0.05) is 6.92 Å². The van der Waals surface area contributed by atoms with Crippen LogP contribution in [0.2, 0.25) is 0 Å². The first kappa shape index (κ1) is 18.3. The Hall–Kier alpha value is -3.04. The SMILES string of the molecule is CCC(C)n1cc(-c2nc(-c3cnn(CC(O)CO)c3)cn3nccc23)cn1. The monoisotopic (exact) mass is 381 g/mol. The summed E-state index contributed by atoms with van der Waals surface area (Å²) < 4.78 is 5.33. The molecule has 0 fully saturated rings. The van der Waals surface area contributed by atoms with Crippen LogP contribution in [0.1, 0.15) is 26.3 Å². The van der Waals surface area contributed by atoms with E-state index in [4.69, 9.17) is 10.1 Å². The Labute approximate surface area is 161 Å². The van der Waals surface area contributed by atoms with Crippen molar-refractivity contribution >= 4 is 5.52 Å². The molecule has 9 nitrogen and oxygen atoms in total. The number of nitrogens with zero attached hydrogens (tertiary/aromatic N) is 7. The van der Waals surface area contributed by atoms with Gasteiger partial charge in [0.2, 0.25) is 0 Å². The predicted molar refractivity (Wildman–Crippen MR) is 104 cm³/mol. The van der Waals surface area contributed by atoms with Gasteiger partial charge in [0, 0.05) is 29.6 Å². The molecule has 0 saturated carbocycles. The highest BCUT2D eigenvalue weighted by Gasteiger charge is 2.15. The van der Waals surface area contributed by atoms with Crippen molar-refractivity contribution in [2.75, 3.05) is 6.61 Å². The third-order valence-electron chi connectivity index (χ3n) is 4.84. The molecular weight excluding hydrogens is 358 g/mol. The molecule has 0 aliphatic heterocycles. The second-order valence-corrected chi connectivity index (χ2v) is 6.89. The van der Waals surface area contributed by atoms with E-state index in [2.05, 4.69) is 29.1 Å². The van der Waals surface area contributed by atoms with Crippen molar-refractivity contribution in [3.8, 4) is 22.5 Å². The van der Waals surface area contributed by atoms with Crippen molar-refractivity contribution in [3.63, 3.8) is 0 Å². The molecule has 28 heavy (non-hydrogen) atoms. The largest absolute Gasteiger partial charge is 0.394 e. The number of rotatable bonds is 7. The zero-order chi connectivity index (χ0) is 19.7. The number of aliphatic hydroxyl groups excluding tert-OH is 2. The van der Waals surface area contributed by atoms with Gasteiger partial charge in [-0.15, -0.1) is 0 Å². The summed E-state index contributed by atoms with van der Waals surface area (Å²) in [5.74, 6) is 0. The van der Waals surface area contributed by atoms with Crippen molar-refractivity contribution in [3.05, 3.63) is 43.2 Å². The highest BCUT2D eigenvalue weighted by atomic mass is 16.3. The van der Waals surface area contributed by atoms with Crippen LogP contribution in [0, 0.1) is 0 Å². The van der Waals surface area contributed by atoms with Gasteiger partial charge >= 0.3 is 0 Å². The third-order valence-corrected chi connectivity index (χ3v) is 4.84. The number of fused-ring (bicyclic) bond motifs is 1. The summed E-state index contributed by atoms with van der Waals surface area (Å²) in [5, 5.41) is 31.7. The molecule has 0 amide bonds. The lowest BCUT2D eigenvalue weighted by Gasteiger charge is -2.08. The maximum absolute atomic E-state index is 9.62. The van der Waals surface area contributed by atoms with Crippen LogP contribution in [-0.2, 0) is 6.54 Å². The molecule has 0 bridgehead atoms. The number of hydrogen-bond donors (Lipinski definition) is 2. The molecule has 0 saturated heterocycles. The zero-order valence-electron chi connectivity index (χ0n) is 15.8. The van der Waals surface area contributed by atoms with E-state index < -0.39 is 6.10 Å². The summed E-state index contributed by atoms with van der Waals surface area (Å²) in [5.41, 5.74) is 4.14. The van der Waals surface area contributed by atoms with Gasteiger partial charge in [-0.05, 0) is 19.4 Å².